The van der Waals surface area contributed by atoms with Crippen LogP contribution in [-0.2, 0) is 23.9 Å². The number of rotatable bonds is 7. The molecule has 1 aromatic rings. The first-order valence-electron chi connectivity index (χ1n) is 9.09. The van der Waals surface area contributed by atoms with Crippen molar-refractivity contribution >= 4 is 23.9 Å². The van der Waals surface area contributed by atoms with E-state index in [0.717, 1.165) is 0 Å². The van der Waals surface area contributed by atoms with Crippen LogP contribution in [0.5, 0.6) is 5.75 Å². The van der Waals surface area contributed by atoms with E-state index in [2.05, 4.69) is 4.99 Å². The highest BCUT2D eigenvalue weighted by molar-refractivity contribution is 6.09. The Morgan fingerprint density at radius 2 is 1.93 bits per heavy atom. The quantitative estimate of drug-likeness (QED) is 0.511. The topological polar surface area (TPSA) is 115 Å². The molecule has 2 rings (SSSR count). The van der Waals surface area contributed by atoms with Crippen molar-refractivity contribution in [3.8, 4) is 11.8 Å². The summed E-state index contributed by atoms with van der Waals surface area (Å²) < 4.78 is 15.8. The number of esters is 2. The van der Waals surface area contributed by atoms with Gasteiger partial charge in [-0.2, -0.15) is 5.26 Å². The second-order valence-corrected chi connectivity index (χ2v) is 6.17. The van der Waals surface area contributed by atoms with Crippen LogP contribution in [0.2, 0.25) is 0 Å². The number of aliphatic imine (C=N–C) groups is 1. The predicted molar refractivity (Wildman–Crippen MR) is 103 cm³/mol. The Morgan fingerprint density at radius 1 is 1.24 bits per heavy atom. The molecule has 0 aliphatic carbocycles. The zero-order valence-corrected chi connectivity index (χ0v) is 16.7. The van der Waals surface area contributed by atoms with Gasteiger partial charge in [0.1, 0.15) is 17.4 Å². The third-order valence-corrected chi connectivity index (χ3v) is 4.51. The Morgan fingerprint density at radius 3 is 2.48 bits per heavy atom. The average Bonchev–Trinajstić information content (AvgIpc) is 2.72. The fraction of sp³-hybridized carbons (Fsp3) is 0.381. The number of nitriles is 1. The second-order valence-electron chi connectivity index (χ2n) is 6.17. The largest absolute Gasteiger partial charge is 0.496 e. The normalized spacial score (nSPS) is 18.4. The van der Waals surface area contributed by atoms with Crippen LogP contribution in [0.15, 0.2) is 34.5 Å². The van der Waals surface area contributed by atoms with E-state index in [-0.39, 0.29) is 24.5 Å². The van der Waals surface area contributed by atoms with Gasteiger partial charge in [-0.3, -0.25) is 14.6 Å². The van der Waals surface area contributed by atoms with Gasteiger partial charge in [0.15, 0.2) is 6.29 Å². The van der Waals surface area contributed by atoms with Crippen LogP contribution in [0.1, 0.15) is 37.8 Å². The van der Waals surface area contributed by atoms with E-state index in [4.69, 9.17) is 14.2 Å². The standard InChI is InChI=1S/C21H22N2O6/c1-5-28-20(25)17-12(3)23-15(11-24)19(21(26)29-6-2)18(17)14-8-7-13(10-22)9-16(14)27-4/h7-9,11,17-18H,5-6H2,1-4H3. The molecule has 1 heterocycles. The van der Waals surface area contributed by atoms with Crippen molar-refractivity contribution in [2.45, 2.75) is 26.7 Å². The number of benzene rings is 1. The maximum absolute atomic E-state index is 12.8. The first kappa shape index (κ1) is 21.8. The lowest BCUT2D eigenvalue weighted by Crippen LogP contribution is -2.37. The fourth-order valence-electron chi connectivity index (χ4n) is 3.33. The van der Waals surface area contributed by atoms with Crippen LogP contribution >= 0.6 is 0 Å². The van der Waals surface area contributed by atoms with Gasteiger partial charge in [-0.15, -0.1) is 0 Å². The molecule has 152 valence electrons. The summed E-state index contributed by atoms with van der Waals surface area (Å²) in [5.41, 5.74) is 0.958. The minimum atomic E-state index is -0.958. The lowest BCUT2D eigenvalue weighted by Gasteiger charge is -2.31. The van der Waals surface area contributed by atoms with E-state index < -0.39 is 23.8 Å². The third-order valence-electron chi connectivity index (χ3n) is 4.51. The summed E-state index contributed by atoms with van der Waals surface area (Å²) in [4.78, 5) is 41.4. The highest BCUT2D eigenvalue weighted by Gasteiger charge is 2.44. The zero-order valence-electron chi connectivity index (χ0n) is 16.7. The maximum Gasteiger partial charge on any atom is 0.336 e. The number of carbonyl (C=O) groups is 3. The lowest BCUT2D eigenvalue weighted by atomic mass is 9.75. The van der Waals surface area contributed by atoms with E-state index in [9.17, 15) is 19.6 Å². The molecule has 29 heavy (non-hydrogen) atoms. The third kappa shape index (κ3) is 4.35. The van der Waals surface area contributed by atoms with Crippen molar-refractivity contribution in [2.24, 2.45) is 10.9 Å². The summed E-state index contributed by atoms with van der Waals surface area (Å²) in [7, 11) is 1.41. The van der Waals surface area contributed by atoms with E-state index >= 15 is 0 Å². The molecule has 1 aliphatic heterocycles. The molecule has 0 bridgehead atoms. The van der Waals surface area contributed by atoms with Crippen molar-refractivity contribution in [2.75, 3.05) is 20.3 Å². The minimum absolute atomic E-state index is 0.0477. The molecule has 0 radical (unpaired) electrons. The molecule has 0 aromatic heterocycles. The van der Waals surface area contributed by atoms with Gasteiger partial charge in [-0.05, 0) is 32.9 Å². The summed E-state index contributed by atoms with van der Waals surface area (Å²) in [6.45, 7) is 5.12. The van der Waals surface area contributed by atoms with Gasteiger partial charge in [0.05, 0.1) is 37.5 Å². The molecule has 0 amide bonds. The molecular weight excluding hydrogens is 376 g/mol. The molecule has 8 heteroatoms. The minimum Gasteiger partial charge on any atom is -0.496 e. The van der Waals surface area contributed by atoms with Gasteiger partial charge in [-0.1, -0.05) is 6.07 Å². The summed E-state index contributed by atoms with van der Waals surface area (Å²) in [6.07, 6.45) is 0.459. The van der Waals surface area contributed by atoms with Gasteiger partial charge in [-0.25, -0.2) is 4.79 Å². The molecule has 0 spiro atoms. The molecule has 0 saturated carbocycles. The number of ether oxygens (including phenoxy) is 3. The molecule has 0 saturated heterocycles. The summed E-state index contributed by atoms with van der Waals surface area (Å²) >= 11 is 0. The Kier molecular flexibility index (Phi) is 7.26. The first-order valence-corrected chi connectivity index (χ1v) is 9.09. The Hall–Kier alpha value is -3.47. The smallest absolute Gasteiger partial charge is 0.336 e. The molecule has 1 aliphatic rings. The van der Waals surface area contributed by atoms with Gasteiger partial charge in [0.2, 0.25) is 0 Å². The highest BCUT2D eigenvalue weighted by Crippen LogP contribution is 2.43. The molecule has 2 atom stereocenters. The van der Waals surface area contributed by atoms with Crippen molar-refractivity contribution in [3.05, 3.63) is 40.6 Å². The van der Waals surface area contributed by atoms with Crippen LogP contribution in [-0.4, -0.2) is 44.3 Å². The Balaban J connectivity index is 2.80. The van der Waals surface area contributed by atoms with Crippen molar-refractivity contribution in [1.82, 2.24) is 0 Å². The van der Waals surface area contributed by atoms with Crippen molar-refractivity contribution in [3.63, 3.8) is 0 Å². The highest BCUT2D eigenvalue weighted by atomic mass is 16.5. The zero-order chi connectivity index (χ0) is 21.6. The first-order chi connectivity index (χ1) is 13.9. The number of allylic oxidation sites excluding steroid dienone is 1. The molecule has 1 aromatic carbocycles. The average molecular weight is 398 g/mol. The number of aldehydes is 1. The van der Waals surface area contributed by atoms with E-state index in [1.165, 1.54) is 13.2 Å². The van der Waals surface area contributed by atoms with E-state index in [1.54, 1.807) is 32.9 Å². The number of hydrogen-bond acceptors (Lipinski definition) is 8. The summed E-state index contributed by atoms with van der Waals surface area (Å²) in [6, 6.07) is 6.65. The molecule has 0 N–H and O–H groups in total. The Labute approximate surface area is 168 Å². The fourth-order valence-corrected chi connectivity index (χ4v) is 3.33. The number of carbonyl (C=O) groups excluding carboxylic acids is 3. The van der Waals surface area contributed by atoms with Crippen LogP contribution in [0, 0.1) is 17.2 Å². The van der Waals surface area contributed by atoms with Crippen molar-refractivity contribution < 1.29 is 28.6 Å². The molecule has 8 nitrogen and oxygen atoms in total. The second kappa shape index (κ2) is 9.64. The van der Waals surface area contributed by atoms with Gasteiger partial charge >= 0.3 is 11.9 Å². The molecule has 2 unspecified atom stereocenters. The molecular formula is C21H22N2O6. The van der Waals surface area contributed by atoms with Crippen LogP contribution in [0.25, 0.3) is 0 Å². The number of hydrogen-bond donors (Lipinski definition) is 0. The predicted octanol–water partition coefficient (Wildman–Crippen LogP) is 2.32. The summed E-state index contributed by atoms with van der Waals surface area (Å²) in [5.74, 6) is -2.92. The van der Waals surface area contributed by atoms with E-state index in [1.807, 2.05) is 6.07 Å². The van der Waals surface area contributed by atoms with Gasteiger partial charge < -0.3 is 14.2 Å². The van der Waals surface area contributed by atoms with E-state index in [0.29, 0.717) is 28.9 Å². The van der Waals surface area contributed by atoms with Crippen LogP contribution in [0.3, 0.4) is 0 Å². The molecule has 0 fully saturated rings. The number of methoxy groups -OCH3 is 1. The SMILES string of the molecule is CCOC(=O)C1=C(C=O)N=C(C)C(C(=O)OCC)C1c1ccc(C#N)cc1OC. The van der Waals surface area contributed by atoms with Crippen LogP contribution < -0.4 is 4.74 Å². The maximum atomic E-state index is 12.8. The van der Waals surface area contributed by atoms with Gasteiger partial charge in [0, 0.05) is 17.2 Å². The van der Waals surface area contributed by atoms with Crippen LogP contribution in [0.4, 0.5) is 0 Å². The van der Waals surface area contributed by atoms with Crippen molar-refractivity contribution in [1.29, 1.82) is 5.26 Å². The van der Waals surface area contributed by atoms with Gasteiger partial charge in [0.25, 0.3) is 0 Å². The monoisotopic (exact) mass is 398 g/mol. The summed E-state index contributed by atoms with van der Waals surface area (Å²) in [5, 5.41) is 9.17. The Bertz CT molecular complexity index is 926. The lowest BCUT2D eigenvalue weighted by molar-refractivity contribution is -0.146. The number of nitrogens with zero attached hydrogens (tertiary/aromatic N) is 2.